The van der Waals surface area contributed by atoms with Crippen molar-refractivity contribution >= 4 is 15.8 Å². The van der Waals surface area contributed by atoms with Gasteiger partial charge in [0.15, 0.2) is 0 Å². The van der Waals surface area contributed by atoms with E-state index in [2.05, 4.69) is 24.8 Å². The quantitative estimate of drug-likeness (QED) is 0.756. The van der Waals surface area contributed by atoms with E-state index in [1.807, 2.05) is 0 Å². The Morgan fingerprint density at radius 1 is 1.29 bits per heavy atom. The van der Waals surface area contributed by atoms with E-state index in [0.29, 0.717) is 11.9 Å². The molecule has 2 N–H and O–H groups in total. The molecule has 8 heteroatoms. The molecule has 0 amide bonds. The van der Waals surface area contributed by atoms with E-state index in [4.69, 9.17) is 0 Å². The van der Waals surface area contributed by atoms with Crippen LogP contribution in [0, 0.1) is 0 Å². The first-order valence-electron chi connectivity index (χ1n) is 7.18. The topological polar surface area (TPSA) is 77.6 Å². The zero-order valence-corrected chi connectivity index (χ0v) is 12.9. The first-order valence-corrected chi connectivity index (χ1v) is 8.67. The van der Waals surface area contributed by atoms with Gasteiger partial charge in [-0.2, -0.15) is 0 Å². The van der Waals surface area contributed by atoms with Crippen LogP contribution in [0.4, 0.5) is 5.82 Å². The Bertz CT molecular complexity index is 581. The predicted octanol–water partition coefficient (Wildman–Crippen LogP) is -0.599. The molecule has 21 heavy (non-hydrogen) atoms. The molecule has 4 rings (SSSR count). The van der Waals surface area contributed by atoms with Crippen LogP contribution in [-0.4, -0.2) is 75.6 Å². The number of hydrogen-bond donors (Lipinski definition) is 2. The molecule has 3 saturated heterocycles. The summed E-state index contributed by atoms with van der Waals surface area (Å²) in [5.74, 6) is 0.711. The highest BCUT2D eigenvalue weighted by molar-refractivity contribution is 7.89. The fourth-order valence-electron chi connectivity index (χ4n) is 2.90. The maximum Gasteiger partial charge on any atom is 0.241 e. The summed E-state index contributed by atoms with van der Waals surface area (Å²) in [7, 11) is -2.02. The molecule has 0 radical (unpaired) electrons. The standard InChI is InChI=1S/C13H21N5O2S/c1-14-21(19,20)12-2-3-13(16-9-12)15-8-11-10-17-4-6-18(11)7-5-17/h2-3,9,11,14H,4-8,10H2,1H3,(H,15,16). The number of sulfonamides is 1. The molecule has 3 fully saturated rings. The molecule has 1 aromatic rings. The Hall–Kier alpha value is -1.22. The third-order valence-corrected chi connectivity index (χ3v) is 5.63. The molecule has 2 bridgehead atoms. The molecule has 1 aromatic heterocycles. The van der Waals surface area contributed by atoms with Gasteiger partial charge in [-0.1, -0.05) is 0 Å². The average molecular weight is 311 g/mol. The number of fused-ring (bicyclic) bond motifs is 3. The van der Waals surface area contributed by atoms with Crippen molar-refractivity contribution in [3.05, 3.63) is 18.3 Å². The normalized spacial score (nSPS) is 28.5. The van der Waals surface area contributed by atoms with Gasteiger partial charge in [-0.15, -0.1) is 0 Å². The molecular formula is C13H21N5O2S. The van der Waals surface area contributed by atoms with Crippen LogP contribution in [-0.2, 0) is 10.0 Å². The van der Waals surface area contributed by atoms with Gasteiger partial charge in [0.25, 0.3) is 0 Å². The molecule has 0 spiro atoms. The minimum Gasteiger partial charge on any atom is -0.368 e. The molecular weight excluding hydrogens is 290 g/mol. The van der Waals surface area contributed by atoms with E-state index < -0.39 is 10.0 Å². The smallest absolute Gasteiger partial charge is 0.241 e. The van der Waals surface area contributed by atoms with Crippen LogP contribution in [0.5, 0.6) is 0 Å². The van der Waals surface area contributed by atoms with Crippen LogP contribution >= 0.6 is 0 Å². The lowest BCUT2D eigenvalue weighted by atomic mass is 10.1. The van der Waals surface area contributed by atoms with Gasteiger partial charge in [0, 0.05) is 51.5 Å². The molecule has 3 aliphatic heterocycles. The second-order valence-corrected chi connectivity index (χ2v) is 7.34. The fraction of sp³-hybridized carbons (Fsp3) is 0.615. The number of rotatable bonds is 5. The Morgan fingerprint density at radius 2 is 2.05 bits per heavy atom. The van der Waals surface area contributed by atoms with Crippen molar-refractivity contribution in [1.29, 1.82) is 0 Å². The summed E-state index contributed by atoms with van der Waals surface area (Å²) in [6.45, 7) is 6.55. The first kappa shape index (κ1) is 14.7. The van der Waals surface area contributed by atoms with E-state index in [-0.39, 0.29) is 4.90 Å². The van der Waals surface area contributed by atoms with Gasteiger partial charge in [-0.05, 0) is 19.2 Å². The minimum atomic E-state index is -3.41. The Labute approximate surface area is 125 Å². The van der Waals surface area contributed by atoms with Crippen LogP contribution in [0.2, 0.25) is 0 Å². The highest BCUT2D eigenvalue weighted by Crippen LogP contribution is 2.16. The van der Waals surface area contributed by atoms with Crippen molar-refractivity contribution in [2.75, 3.05) is 51.6 Å². The van der Waals surface area contributed by atoms with Gasteiger partial charge in [-0.3, -0.25) is 9.80 Å². The maximum absolute atomic E-state index is 11.6. The number of nitrogens with zero attached hydrogens (tertiary/aromatic N) is 3. The lowest BCUT2D eigenvalue weighted by molar-refractivity contribution is 0.0189. The van der Waals surface area contributed by atoms with Crippen LogP contribution in [0.15, 0.2) is 23.2 Å². The van der Waals surface area contributed by atoms with Crippen LogP contribution in [0.3, 0.4) is 0 Å². The van der Waals surface area contributed by atoms with Gasteiger partial charge in [0.05, 0.1) is 0 Å². The number of nitrogens with one attached hydrogen (secondary N) is 2. The van der Waals surface area contributed by atoms with Crippen LogP contribution in [0.25, 0.3) is 0 Å². The van der Waals surface area contributed by atoms with E-state index in [0.717, 1.165) is 26.2 Å². The molecule has 1 unspecified atom stereocenters. The fourth-order valence-corrected chi connectivity index (χ4v) is 3.58. The summed E-state index contributed by atoms with van der Waals surface area (Å²) in [4.78, 5) is 9.35. The lowest BCUT2D eigenvalue weighted by Crippen LogP contribution is -2.62. The van der Waals surface area contributed by atoms with Gasteiger partial charge >= 0.3 is 0 Å². The summed E-state index contributed by atoms with van der Waals surface area (Å²) in [5.41, 5.74) is 0. The summed E-state index contributed by atoms with van der Waals surface area (Å²) in [5, 5.41) is 3.30. The molecule has 7 nitrogen and oxygen atoms in total. The monoisotopic (exact) mass is 311 g/mol. The van der Waals surface area contributed by atoms with Crippen LogP contribution < -0.4 is 10.0 Å². The van der Waals surface area contributed by atoms with Crippen molar-refractivity contribution < 1.29 is 8.42 Å². The van der Waals surface area contributed by atoms with Gasteiger partial charge < -0.3 is 5.32 Å². The number of piperazine rings is 3. The Morgan fingerprint density at radius 3 is 2.57 bits per heavy atom. The van der Waals surface area contributed by atoms with Gasteiger partial charge in [0.2, 0.25) is 10.0 Å². The van der Waals surface area contributed by atoms with E-state index in [9.17, 15) is 8.42 Å². The van der Waals surface area contributed by atoms with E-state index >= 15 is 0 Å². The third-order valence-electron chi connectivity index (χ3n) is 4.23. The second kappa shape index (κ2) is 5.88. The SMILES string of the molecule is CNS(=O)(=O)c1ccc(NCC2CN3CCN2CC3)nc1. The largest absolute Gasteiger partial charge is 0.368 e. The molecule has 0 aliphatic carbocycles. The summed E-state index contributed by atoms with van der Waals surface area (Å²) in [6.07, 6.45) is 1.38. The number of hydrogen-bond acceptors (Lipinski definition) is 6. The second-order valence-electron chi connectivity index (χ2n) is 5.46. The van der Waals surface area contributed by atoms with Crippen LogP contribution in [0.1, 0.15) is 0 Å². The first-order chi connectivity index (χ1) is 10.1. The van der Waals surface area contributed by atoms with Crippen molar-refractivity contribution in [2.24, 2.45) is 0 Å². The van der Waals surface area contributed by atoms with E-state index in [1.54, 1.807) is 12.1 Å². The Balaban J connectivity index is 1.59. The molecule has 0 saturated carbocycles. The number of aromatic nitrogens is 1. The molecule has 0 aromatic carbocycles. The maximum atomic E-state index is 11.6. The summed E-state index contributed by atoms with van der Waals surface area (Å²) < 4.78 is 25.5. The predicted molar refractivity (Wildman–Crippen MR) is 80.8 cm³/mol. The summed E-state index contributed by atoms with van der Waals surface area (Å²) >= 11 is 0. The third kappa shape index (κ3) is 3.18. The Kier molecular flexibility index (Phi) is 4.12. The zero-order chi connectivity index (χ0) is 14.9. The van der Waals surface area contributed by atoms with Gasteiger partial charge in [0.1, 0.15) is 10.7 Å². The molecule has 4 heterocycles. The van der Waals surface area contributed by atoms with Crippen molar-refractivity contribution in [2.45, 2.75) is 10.9 Å². The van der Waals surface area contributed by atoms with Gasteiger partial charge in [-0.25, -0.2) is 18.1 Å². The highest BCUT2D eigenvalue weighted by Gasteiger charge is 2.31. The molecule has 1 atom stereocenters. The van der Waals surface area contributed by atoms with Crippen molar-refractivity contribution in [1.82, 2.24) is 19.5 Å². The number of anilines is 1. The molecule has 116 valence electrons. The zero-order valence-electron chi connectivity index (χ0n) is 12.1. The summed E-state index contributed by atoms with van der Waals surface area (Å²) in [6, 6.07) is 3.79. The lowest BCUT2D eigenvalue weighted by Gasteiger charge is -2.47. The highest BCUT2D eigenvalue weighted by atomic mass is 32.2. The van der Waals surface area contributed by atoms with Crippen molar-refractivity contribution in [3.63, 3.8) is 0 Å². The molecule has 3 aliphatic rings. The van der Waals surface area contributed by atoms with E-state index in [1.165, 1.54) is 26.3 Å². The minimum absolute atomic E-state index is 0.183. The number of pyridine rings is 1. The van der Waals surface area contributed by atoms with Crippen molar-refractivity contribution in [3.8, 4) is 0 Å². The average Bonchev–Trinajstić information content (AvgIpc) is 2.54.